The van der Waals surface area contributed by atoms with Crippen molar-refractivity contribution in [2.24, 2.45) is 5.92 Å². The Morgan fingerprint density at radius 1 is 1.42 bits per heavy atom. The zero-order valence-corrected chi connectivity index (χ0v) is 16.3. The molecule has 1 amide bonds. The quantitative estimate of drug-likeness (QED) is 0.725. The molecule has 1 heterocycles. The highest BCUT2D eigenvalue weighted by molar-refractivity contribution is 9.10. The first kappa shape index (κ1) is 19.3. The lowest BCUT2D eigenvalue weighted by Crippen LogP contribution is -2.46. The molecule has 5 heteroatoms. The van der Waals surface area contributed by atoms with Gasteiger partial charge in [-0.3, -0.25) is 9.69 Å². The van der Waals surface area contributed by atoms with E-state index in [1.54, 1.807) is 0 Å². The summed E-state index contributed by atoms with van der Waals surface area (Å²) in [5.41, 5.74) is 0. The maximum atomic E-state index is 12.4. The number of nitrogens with one attached hydrogen (secondary N) is 1. The van der Waals surface area contributed by atoms with Gasteiger partial charge < -0.3 is 10.1 Å². The smallest absolute Gasteiger partial charge is 0.224 e. The number of rotatable bonds is 8. The van der Waals surface area contributed by atoms with Gasteiger partial charge in [0.05, 0.1) is 5.92 Å². The fourth-order valence-electron chi connectivity index (χ4n) is 3.16. The lowest BCUT2D eigenvalue weighted by Gasteiger charge is -2.32. The zero-order valence-electron chi connectivity index (χ0n) is 14.8. The SMILES string of the molecule is CCCC(C)NC(=O)C1CCCN(CCOc2ccc(Br)cc2)C1. The van der Waals surface area contributed by atoms with Gasteiger partial charge in [-0.15, -0.1) is 0 Å². The summed E-state index contributed by atoms with van der Waals surface area (Å²) in [6, 6.07) is 8.16. The highest BCUT2D eigenvalue weighted by Crippen LogP contribution is 2.18. The first-order valence-electron chi connectivity index (χ1n) is 8.99. The second-order valence-corrected chi connectivity index (χ2v) is 7.56. The minimum absolute atomic E-state index is 0.116. The molecule has 1 saturated heterocycles. The van der Waals surface area contributed by atoms with E-state index in [1.165, 1.54) is 0 Å². The Bertz CT molecular complexity index is 507. The first-order chi connectivity index (χ1) is 11.6. The summed E-state index contributed by atoms with van der Waals surface area (Å²) in [5, 5.41) is 3.16. The van der Waals surface area contributed by atoms with Crippen LogP contribution >= 0.6 is 15.9 Å². The van der Waals surface area contributed by atoms with Gasteiger partial charge in [-0.2, -0.15) is 0 Å². The third kappa shape index (κ3) is 6.44. The van der Waals surface area contributed by atoms with Crippen molar-refractivity contribution < 1.29 is 9.53 Å². The number of benzene rings is 1. The molecule has 1 aliphatic rings. The number of likely N-dealkylation sites (tertiary alicyclic amines) is 1. The molecule has 1 N–H and O–H groups in total. The molecule has 4 nitrogen and oxygen atoms in total. The molecular formula is C19H29BrN2O2. The number of hydrogen-bond donors (Lipinski definition) is 1. The second kappa shape index (κ2) is 10.0. The monoisotopic (exact) mass is 396 g/mol. The van der Waals surface area contributed by atoms with Crippen molar-refractivity contribution in [1.82, 2.24) is 10.2 Å². The van der Waals surface area contributed by atoms with E-state index >= 15 is 0 Å². The largest absolute Gasteiger partial charge is 0.492 e. The van der Waals surface area contributed by atoms with Crippen molar-refractivity contribution in [2.45, 2.75) is 45.6 Å². The molecule has 134 valence electrons. The van der Waals surface area contributed by atoms with Crippen molar-refractivity contribution >= 4 is 21.8 Å². The van der Waals surface area contributed by atoms with E-state index in [0.29, 0.717) is 6.61 Å². The van der Waals surface area contributed by atoms with Gasteiger partial charge in [-0.05, 0) is 57.0 Å². The Labute approximate surface area is 154 Å². The van der Waals surface area contributed by atoms with Gasteiger partial charge in [-0.1, -0.05) is 29.3 Å². The third-order valence-electron chi connectivity index (χ3n) is 4.48. The van der Waals surface area contributed by atoms with Gasteiger partial charge in [0.1, 0.15) is 12.4 Å². The molecule has 0 saturated carbocycles. The predicted molar refractivity (Wildman–Crippen MR) is 101 cm³/mol. The number of hydrogen-bond acceptors (Lipinski definition) is 3. The lowest BCUT2D eigenvalue weighted by molar-refractivity contribution is -0.127. The van der Waals surface area contributed by atoms with Crippen molar-refractivity contribution in [3.05, 3.63) is 28.7 Å². The average Bonchev–Trinajstić information content (AvgIpc) is 2.57. The van der Waals surface area contributed by atoms with E-state index in [1.807, 2.05) is 24.3 Å². The van der Waals surface area contributed by atoms with Crippen molar-refractivity contribution in [3.8, 4) is 5.75 Å². The van der Waals surface area contributed by atoms with E-state index in [4.69, 9.17) is 4.74 Å². The average molecular weight is 397 g/mol. The summed E-state index contributed by atoms with van der Waals surface area (Å²) < 4.78 is 6.85. The molecule has 0 bridgehead atoms. The minimum Gasteiger partial charge on any atom is -0.492 e. The lowest BCUT2D eigenvalue weighted by atomic mass is 9.96. The van der Waals surface area contributed by atoms with Crippen LogP contribution in [-0.4, -0.2) is 43.1 Å². The molecule has 1 aromatic carbocycles. The van der Waals surface area contributed by atoms with Gasteiger partial charge in [0.25, 0.3) is 0 Å². The van der Waals surface area contributed by atoms with Gasteiger partial charge in [0, 0.05) is 23.6 Å². The van der Waals surface area contributed by atoms with Crippen molar-refractivity contribution in [1.29, 1.82) is 0 Å². The Morgan fingerprint density at radius 2 is 2.17 bits per heavy atom. The van der Waals surface area contributed by atoms with E-state index in [-0.39, 0.29) is 17.9 Å². The number of nitrogens with zero attached hydrogens (tertiary/aromatic N) is 1. The summed E-state index contributed by atoms with van der Waals surface area (Å²) in [5.74, 6) is 1.22. The summed E-state index contributed by atoms with van der Waals surface area (Å²) in [6.07, 6.45) is 4.22. The fourth-order valence-corrected chi connectivity index (χ4v) is 3.43. The number of halogens is 1. The van der Waals surface area contributed by atoms with Crippen LogP contribution in [-0.2, 0) is 4.79 Å². The fraction of sp³-hybridized carbons (Fsp3) is 0.632. The molecule has 0 aromatic heterocycles. The molecule has 1 fully saturated rings. The molecule has 24 heavy (non-hydrogen) atoms. The maximum absolute atomic E-state index is 12.4. The first-order valence-corrected chi connectivity index (χ1v) is 9.79. The molecule has 1 aromatic rings. The van der Waals surface area contributed by atoms with Crippen LogP contribution < -0.4 is 10.1 Å². The molecule has 0 spiro atoms. The summed E-state index contributed by atoms with van der Waals surface area (Å²) in [7, 11) is 0. The molecule has 2 unspecified atom stereocenters. The van der Waals surface area contributed by atoms with Crippen molar-refractivity contribution in [2.75, 3.05) is 26.2 Å². The maximum Gasteiger partial charge on any atom is 0.224 e. The molecule has 1 aliphatic heterocycles. The van der Waals surface area contributed by atoms with E-state index in [2.05, 4.69) is 40.0 Å². The Hall–Kier alpha value is -1.07. The van der Waals surface area contributed by atoms with Crippen LogP contribution in [0, 0.1) is 5.92 Å². The van der Waals surface area contributed by atoms with Crippen LogP contribution in [0.1, 0.15) is 39.5 Å². The summed E-state index contributed by atoms with van der Waals surface area (Å²) >= 11 is 3.42. The van der Waals surface area contributed by atoms with Crippen LogP contribution in [0.5, 0.6) is 5.75 Å². The molecule has 0 aliphatic carbocycles. The predicted octanol–water partition coefficient (Wildman–Crippen LogP) is 3.84. The van der Waals surface area contributed by atoms with Crippen LogP contribution in [0.4, 0.5) is 0 Å². The van der Waals surface area contributed by atoms with E-state index in [9.17, 15) is 4.79 Å². The second-order valence-electron chi connectivity index (χ2n) is 6.64. The highest BCUT2D eigenvalue weighted by atomic mass is 79.9. The number of piperidine rings is 1. The molecule has 0 radical (unpaired) electrons. The number of carbonyl (C=O) groups is 1. The van der Waals surface area contributed by atoms with E-state index in [0.717, 1.165) is 55.5 Å². The third-order valence-corrected chi connectivity index (χ3v) is 5.01. The van der Waals surface area contributed by atoms with Crippen LogP contribution in [0.15, 0.2) is 28.7 Å². The number of carbonyl (C=O) groups excluding carboxylic acids is 1. The molecular weight excluding hydrogens is 368 g/mol. The standard InChI is InChI=1S/C19H29BrN2O2/c1-3-5-15(2)21-19(23)16-6-4-11-22(14-16)12-13-24-18-9-7-17(20)8-10-18/h7-10,15-16H,3-6,11-14H2,1-2H3,(H,21,23). The van der Waals surface area contributed by atoms with Crippen molar-refractivity contribution in [3.63, 3.8) is 0 Å². The number of ether oxygens (including phenoxy) is 1. The Balaban J connectivity index is 1.72. The van der Waals surface area contributed by atoms with Crippen LogP contribution in [0.3, 0.4) is 0 Å². The zero-order chi connectivity index (χ0) is 17.4. The van der Waals surface area contributed by atoms with Gasteiger partial charge >= 0.3 is 0 Å². The topological polar surface area (TPSA) is 41.6 Å². The van der Waals surface area contributed by atoms with Gasteiger partial charge in [-0.25, -0.2) is 0 Å². The summed E-state index contributed by atoms with van der Waals surface area (Å²) in [6.45, 7) is 7.66. The molecule has 2 atom stereocenters. The molecule has 2 rings (SSSR count). The van der Waals surface area contributed by atoms with Gasteiger partial charge in [0.15, 0.2) is 0 Å². The minimum atomic E-state index is 0.116. The highest BCUT2D eigenvalue weighted by Gasteiger charge is 2.26. The van der Waals surface area contributed by atoms with E-state index < -0.39 is 0 Å². The van der Waals surface area contributed by atoms with Gasteiger partial charge in [0.2, 0.25) is 5.91 Å². The van der Waals surface area contributed by atoms with Crippen LogP contribution in [0.2, 0.25) is 0 Å². The Morgan fingerprint density at radius 3 is 2.88 bits per heavy atom. The van der Waals surface area contributed by atoms with Crippen LogP contribution in [0.25, 0.3) is 0 Å². The number of amides is 1. The normalized spacial score (nSPS) is 19.7. The Kier molecular flexibility index (Phi) is 8.06. The summed E-state index contributed by atoms with van der Waals surface area (Å²) in [4.78, 5) is 14.7.